The van der Waals surface area contributed by atoms with E-state index in [1.54, 1.807) is 7.11 Å². The zero-order valence-corrected chi connectivity index (χ0v) is 17.9. The minimum Gasteiger partial charge on any atom is -0.497 e. The molecule has 0 bridgehead atoms. The third kappa shape index (κ3) is 4.53. The lowest BCUT2D eigenvalue weighted by Crippen LogP contribution is -2.42. The molecule has 0 aliphatic carbocycles. The Morgan fingerprint density at radius 2 is 1.97 bits per heavy atom. The van der Waals surface area contributed by atoms with Crippen LogP contribution in [0.5, 0.6) is 10.9 Å². The third-order valence-electron chi connectivity index (χ3n) is 5.48. The molecule has 152 valence electrons. The molecule has 0 unspecified atom stereocenters. The number of hydrogen-bond acceptors (Lipinski definition) is 5. The van der Waals surface area contributed by atoms with Crippen LogP contribution in [0.15, 0.2) is 36.4 Å². The summed E-state index contributed by atoms with van der Waals surface area (Å²) < 4.78 is 12.5. The van der Waals surface area contributed by atoms with Crippen molar-refractivity contribution in [2.45, 2.75) is 39.2 Å². The molecular formula is C23H26N2O3S. The summed E-state index contributed by atoms with van der Waals surface area (Å²) in [4.78, 5) is 19.3. The Morgan fingerprint density at radius 3 is 2.72 bits per heavy atom. The number of fused-ring (bicyclic) bond motifs is 1. The quantitative estimate of drug-likeness (QED) is 0.620. The van der Waals surface area contributed by atoms with E-state index in [9.17, 15) is 4.79 Å². The number of carbonyl (C=O) groups excluding carboxylic acids is 1. The van der Waals surface area contributed by atoms with Gasteiger partial charge in [0.15, 0.2) is 0 Å². The number of nitrogens with zero attached hydrogens (tertiary/aromatic N) is 2. The number of carbonyl (C=O) groups is 1. The largest absolute Gasteiger partial charge is 0.497 e. The smallest absolute Gasteiger partial charge is 0.274 e. The highest BCUT2D eigenvalue weighted by Gasteiger charge is 2.25. The van der Waals surface area contributed by atoms with Gasteiger partial charge in [-0.2, -0.15) is 0 Å². The second-order valence-corrected chi connectivity index (χ2v) is 8.61. The number of methoxy groups -OCH3 is 1. The van der Waals surface area contributed by atoms with Gasteiger partial charge < -0.3 is 14.4 Å². The van der Waals surface area contributed by atoms with Crippen LogP contribution in [0, 0.1) is 13.8 Å². The maximum atomic E-state index is 12.7. The average molecular weight is 411 g/mol. The lowest BCUT2D eigenvalue weighted by atomic mass is 10.0. The summed E-state index contributed by atoms with van der Waals surface area (Å²) in [5.74, 6) is 1.02. The molecule has 1 aliphatic rings. The van der Waals surface area contributed by atoms with Gasteiger partial charge in [0.2, 0.25) is 5.91 Å². The maximum absolute atomic E-state index is 12.7. The van der Waals surface area contributed by atoms with Crippen molar-refractivity contribution in [3.8, 4) is 10.9 Å². The monoisotopic (exact) mass is 410 g/mol. The van der Waals surface area contributed by atoms with Crippen LogP contribution in [0.1, 0.15) is 29.5 Å². The zero-order valence-electron chi connectivity index (χ0n) is 17.1. The number of rotatable bonds is 5. The van der Waals surface area contributed by atoms with Crippen LogP contribution in [0.25, 0.3) is 10.2 Å². The van der Waals surface area contributed by atoms with Crippen molar-refractivity contribution in [3.05, 3.63) is 53.1 Å². The van der Waals surface area contributed by atoms with Gasteiger partial charge in [0.05, 0.1) is 23.7 Å². The Morgan fingerprint density at radius 1 is 1.17 bits per heavy atom. The zero-order chi connectivity index (χ0) is 20.4. The number of piperidine rings is 1. The number of ether oxygens (including phenoxy) is 2. The lowest BCUT2D eigenvalue weighted by Gasteiger charge is -2.31. The summed E-state index contributed by atoms with van der Waals surface area (Å²) in [6.45, 7) is 5.59. The number of amides is 1. The highest BCUT2D eigenvalue weighted by Crippen LogP contribution is 2.32. The topological polar surface area (TPSA) is 51.7 Å². The fourth-order valence-electron chi connectivity index (χ4n) is 3.69. The second kappa shape index (κ2) is 8.41. The lowest BCUT2D eigenvalue weighted by molar-refractivity contribution is -0.132. The van der Waals surface area contributed by atoms with Crippen molar-refractivity contribution < 1.29 is 14.3 Å². The van der Waals surface area contributed by atoms with Crippen molar-refractivity contribution in [2.24, 2.45) is 0 Å². The van der Waals surface area contributed by atoms with Crippen LogP contribution in [0.4, 0.5) is 0 Å². The van der Waals surface area contributed by atoms with Gasteiger partial charge in [0.1, 0.15) is 11.9 Å². The molecule has 0 N–H and O–H groups in total. The molecule has 3 aromatic rings. The summed E-state index contributed by atoms with van der Waals surface area (Å²) in [6, 6.07) is 12.1. The molecule has 1 amide bonds. The van der Waals surface area contributed by atoms with E-state index in [2.05, 4.69) is 37.0 Å². The molecule has 2 aromatic carbocycles. The minimum absolute atomic E-state index is 0.0993. The molecule has 0 atom stereocenters. The summed E-state index contributed by atoms with van der Waals surface area (Å²) >= 11 is 1.54. The second-order valence-electron chi connectivity index (χ2n) is 7.62. The Balaban J connectivity index is 1.33. The van der Waals surface area contributed by atoms with E-state index in [0.29, 0.717) is 11.6 Å². The van der Waals surface area contributed by atoms with Gasteiger partial charge >= 0.3 is 0 Å². The van der Waals surface area contributed by atoms with Gasteiger partial charge in [0, 0.05) is 25.9 Å². The van der Waals surface area contributed by atoms with Crippen molar-refractivity contribution in [3.63, 3.8) is 0 Å². The first-order valence-electron chi connectivity index (χ1n) is 9.97. The number of aryl methyl sites for hydroxylation is 2. The molecule has 1 saturated heterocycles. The summed E-state index contributed by atoms with van der Waals surface area (Å²) in [5.41, 5.74) is 4.42. The Bertz CT molecular complexity index is 1020. The van der Waals surface area contributed by atoms with Crippen molar-refractivity contribution >= 4 is 27.5 Å². The molecule has 0 spiro atoms. The molecule has 0 radical (unpaired) electrons. The van der Waals surface area contributed by atoms with E-state index in [1.165, 1.54) is 22.5 Å². The van der Waals surface area contributed by atoms with Crippen LogP contribution in [0.2, 0.25) is 0 Å². The Hall–Kier alpha value is -2.60. The van der Waals surface area contributed by atoms with Gasteiger partial charge in [0.25, 0.3) is 5.19 Å². The minimum atomic E-state index is 0.0993. The number of likely N-dealkylation sites (tertiary alicyclic amines) is 1. The van der Waals surface area contributed by atoms with Crippen LogP contribution in [-0.4, -0.2) is 42.1 Å². The summed E-state index contributed by atoms with van der Waals surface area (Å²) in [6.07, 6.45) is 2.23. The van der Waals surface area contributed by atoms with Crippen LogP contribution in [0.3, 0.4) is 0 Å². The maximum Gasteiger partial charge on any atom is 0.274 e. The fraction of sp³-hybridized carbons (Fsp3) is 0.391. The molecule has 1 fully saturated rings. The summed E-state index contributed by atoms with van der Waals surface area (Å²) in [7, 11) is 1.66. The molecule has 1 aliphatic heterocycles. The van der Waals surface area contributed by atoms with E-state index in [0.717, 1.165) is 47.5 Å². The number of hydrogen-bond donors (Lipinski definition) is 0. The van der Waals surface area contributed by atoms with E-state index in [-0.39, 0.29) is 12.0 Å². The predicted octanol–water partition coefficient (Wildman–Crippen LogP) is 4.53. The third-order valence-corrected chi connectivity index (χ3v) is 6.39. The molecule has 1 aromatic heterocycles. The highest BCUT2D eigenvalue weighted by atomic mass is 32.1. The number of benzene rings is 2. The standard InChI is InChI=1S/C23H26N2O3S/c1-15-4-5-16(2)17(12-15)13-22(26)25-10-8-18(9-11-25)28-23-24-20-7-6-19(27-3)14-21(20)29-23/h4-7,12,14,18H,8-11,13H2,1-3H3. The average Bonchev–Trinajstić information content (AvgIpc) is 3.12. The first kappa shape index (κ1) is 19.7. The van der Waals surface area contributed by atoms with E-state index < -0.39 is 0 Å². The molecule has 4 rings (SSSR count). The molecule has 0 saturated carbocycles. The van der Waals surface area contributed by atoms with E-state index in [1.807, 2.05) is 23.1 Å². The SMILES string of the molecule is COc1ccc2nc(OC3CCN(C(=O)Cc4cc(C)ccc4C)CC3)sc2c1. The van der Waals surface area contributed by atoms with Gasteiger partial charge in [-0.1, -0.05) is 35.1 Å². The van der Waals surface area contributed by atoms with Crippen molar-refractivity contribution in [1.82, 2.24) is 9.88 Å². The predicted molar refractivity (Wildman–Crippen MR) is 116 cm³/mol. The van der Waals surface area contributed by atoms with E-state index in [4.69, 9.17) is 9.47 Å². The van der Waals surface area contributed by atoms with Crippen molar-refractivity contribution in [2.75, 3.05) is 20.2 Å². The molecule has 6 heteroatoms. The van der Waals surface area contributed by atoms with E-state index >= 15 is 0 Å². The number of thiazole rings is 1. The first-order chi connectivity index (χ1) is 14.0. The summed E-state index contributed by atoms with van der Waals surface area (Å²) in [5, 5.41) is 0.688. The normalized spacial score (nSPS) is 14.9. The molecule has 2 heterocycles. The highest BCUT2D eigenvalue weighted by molar-refractivity contribution is 7.20. The number of aromatic nitrogens is 1. The first-order valence-corrected chi connectivity index (χ1v) is 10.8. The van der Waals surface area contributed by atoms with Gasteiger partial charge in [-0.25, -0.2) is 4.98 Å². The van der Waals surface area contributed by atoms with Gasteiger partial charge in [-0.05, 0) is 43.2 Å². The van der Waals surface area contributed by atoms with Gasteiger partial charge in [-0.15, -0.1) is 0 Å². The van der Waals surface area contributed by atoms with Gasteiger partial charge in [-0.3, -0.25) is 4.79 Å². The van der Waals surface area contributed by atoms with Crippen LogP contribution >= 0.6 is 11.3 Å². The fourth-order valence-corrected chi connectivity index (χ4v) is 4.60. The molecular weight excluding hydrogens is 384 g/mol. The van der Waals surface area contributed by atoms with Crippen molar-refractivity contribution in [1.29, 1.82) is 0 Å². The Kier molecular flexibility index (Phi) is 5.72. The Labute approximate surface area is 175 Å². The van der Waals surface area contributed by atoms with Crippen LogP contribution in [-0.2, 0) is 11.2 Å². The molecule has 29 heavy (non-hydrogen) atoms. The van der Waals surface area contributed by atoms with Crippen LogP contribution < -0.4 is 9.47 Å². The molecule has 5 nitrogen and oxygen atoms in total.